The molecule has 2 aromatic rings. The number of hydrogen-bond acceptors (Lipinski definition) is 3. The molecule has 0 aromatic heterocycles. The molecule has 1 aliphatic heterocycles. The van der Waals surface area contributed by atoms with Crippen molar-refractivity contribution in [1.29, 1.82) is 0 Å². The molecule has 130 valence electrons. The van der Waals surface area contributed by atoms with Crippen molar-refractivity contribution >= 4 is 22.4 Å². The van der Waals surface area contributed by atoms with Crippen molar-refractivity contribution in [3.05, 3.63) is 54.6 Å². The number of halogens is 1. The SMILES string of the molecule is CC1CCNCC1NS(=O)(=O)c1ccccc1-c1ccccc1.Cl. The van der Waals surface area contributed by atoms with Gasteiger partial charge in [-0.15, -0.1) is 12.4 Å². The molecule has 0 spiro atoms. The predicted molar refractivity (Wildman–Crippen MR) is 99.9 cm³/mol. The minimum absolute atomic E-state index is 0. The number of piperidine rings is 1. The van der Waals surface area contributed by atoms with Crippen LogP contribution in [0.4, 0.5) is 0 Å². The Morgan fingerprint density at radius 1 is 1.04 bits per heavy atom. The highest BCUT2D eigenvalue weighted by atomic mass is 35.5. The van der Waals surface area contributed by atoms with Crippen LogP contribution < -0.4 is 10.0 Å². The molecule has 1 heterocycles. The number of hydrogen-bond donors (Lipinski definition) is 2. The highest BCUT2D eigenvalue weighted by molar-refractivity contribution is 7.89. The van der Waals surface area contributed by atoms with Crippen molar-refractivity contribution in [3.63, 3.8) is 0 Å². The van der Waals surface area contributed by atoms with Crippen LogP contribution in [-0.2, 0) is 10.0 Å². The van der Waals surface area contributed by atoms with Gasteiger partial charge in [-0.25, -0.2) is 13.1 Å². The van der Waals surface area contributed by atoms with E-state index in [2.05, 4.69) is 17.0 Å². The Kier molecular flexibility index (Phi) is 6.40. The topological polar surface area (TPSA) is 58.2 Å². The quantitative estimate of drug-likeness (QED) is 0.874. The maximum Gasteiger partial charge on any atom is 0.241 e. The van der Waals surface area contributed by atoms with Crippen LogP contribution in [0.3, 0.4) is 0 Å². The summed E-state index contributed by atoms with van der Waals surface area (Å²) in [6.45, 7) is 3.71. The third-order valence-electron chi connectivity index (χ3n) is 4.40. The van der Waals surface area contributed by atoms with Gasteiger partial charge in [0.05, 0.1) is 4.90 Å². The minimum atomic E-state index is -3.56. The number of sulfonamides is 1. The fourth-order valence-electron chi connectivity index (χ4n) is 2.97. The third kappa shape index (κ3) is 4.16. The zero-order valence-corrected chi connectivity index (χ0v) is 15.2. The van der Waals surface area contributed by atoms with Crippen molar-refractivity contribution in [3.8, 4) is 11.1 Å². The van der Waals surface area contributed by atoms with E-state index in [0.717, 1.165) is 24.1 Å². The Labute approximate surface area is 150 Å². The van der Waals surface area contributed by atoms with Crippen LogP contribution in [0.1, 0.15) is 13.3 Å². The van der Waals surface area contributed by atoms with Gasteiger partial charge in [-0.05, 0) is 30.5 Å². The summed E-state index contributed by atoms with van der Waals surface area (Å²) in [7, 11) is -3.56. The lowest BCUT2D eigenvalue weighted by molar-refractivity contribution is 0.327. The van der Waals surface area contributed by atoms with E-state index in [1.165, 1.54) is 0 Å². The third-order valence-corrected chi connectivity index (χ3v) is 5.94. The molecule has 24 heavy (non-hydrogen) atoms. The predicted octanol–water partition coefficient (Wildman–Crippen LogP) is 3.05. The van der Waals surface area contributed by atoms with Crippen molar-refractivity contribution in [2.24, 2.45) is 5.92 Å². The molecule has 2 N–H and O–H groups in total. The largest absolute Gasteiger partial charge is 0.315 e. The van der Waals surface area contributed by atoms with Crippen molar-refractivity contribution in [2.45, 2.75) is 24.3 Å². The van der Waals surface area contributed by atoms with Crippen LogP contribution in [-0.4, -0.2) is 27.5 Å². The molecule has 0 radical (unpaired) electrons. The molecule has 0 aliphatic carbocycles. The van der Waals surface area contributed by atoms with Crippen LogP contribution in [0.25, 0.3) is 11.1 Å². The van der Waals surface area contributed by atoms with E-state index in [1.807, 2.05) is 42.5 Å². The van der Waals surface area contributed by atoms with Gasteiger partial charge in [0, 0.05) is 18.2 Å². The van der Waals surface area contributed by atoms with Crippen LogP contribution in [0.2, 0.25) is 0 Å². The summed E-state index contributed by atoms with van der Waals surface area (Å²) in [5.74, 6) is 0.329. The lowest BCUT2D eigenvalue weighted by atomic mass is 9.96. The van der Waals surface area contributed by atoms with E-state index in [0.29, 0.717) is 17.4 Å². The van der Waals surface area contributed by atoms with Gasteiger partial charge in [0.1, 0.15) is 0 Å². The molecular formula is C18H23ClN2O2S. The van der Waals surface area contributed by atoms with Gasteiger partial charge in [-0.3, -0.25) is 0 Å². The highest BCUT2D eigenvalue weighted by Gasteiger charge is 2.28. The first kappa shape index (κ1) is 18.9. The van der Waals surface area contributed by atoms with Gasteiger partial charge in [0.15, 0.2) is 0 Å². The molecule has 0 saturated carbocycles. The first-order chi connectivity index (χ1) is 11.1. The van der Waals surface area contributed by atoms with Gasteiger partial charge in [-0.2, -0.15) is 0 Å². The lowest BCUT2D eigenvalue weighted by Gasteiger charge is -2.30. The smallest absolute Gasteiger partial charge is 0.241 e. The molecule has 2 aromatic carbocycles. The standard InChI is InChI=1S/C18H22N2O2S.ClH/c1-14-11-12-19-13-17(14)20-23(21,22)18-10-6-5-9-16(18)15-7-3-2-4-8-15;/h2-10,14,17,19-20H,11-13H2,1H3;1H. The van der Waals surface area contributed by atoms with Crippen molar-refractivity contribution < 1.29 is 8.42 Å². The summed E-state index contributed by atoms with van der Waals surface area (Å²) in [5, 5.41) is 3.26. The first-order valence-corrected chi connectivity index (χ1v) is 9.44. The fourth-order valence-corrected chi connectivity index (χ4v) is 4.54. The Hall–Kier alpha value is -1.40. The Balaban J connectivity index is 0.00000208. The Bertz CT molecular complexity index is 766. The van der Waals surface area contributed by atoms with E-state index < -0.39 is 10.0 Å². The van der Waals surface area contributed by atoms with Gasteiger partial charge >= 0.3 is 0 Å². The Morgan fingerprint density at radius 3 is 2.42 bits per heavy atom. The molecule has 4 nitrogen and oxygen atoms in total. The van der Waals surface area contributed by atoms with Gasteiger partial charge < -0.3 is 5.32 Å². The number of benzene rings is 2. The van der Waals surface area contributed by atoms with E-state index in [1.54, 1.807) is 12.1 Å². The lowest BCUT2D eigenvalue weighted by Crippen LogP contribution is -2.50. The zero-order valence-electron chi connectivity index (χ0n) is 13.6. The second-order valence-electron chi connectivity index (χ2n) is 6.06. The molecule has 6 heteroatoms. The normalized spacial score (nSPS) is 21.0. The summed E-state index contributed by atoms with van der Waals surface area (Å²) in [5.41, 5.74) is 1.64. The van der Waals surface area contributed by atoms with Crippen LogP contribution in [0, 0.1) is 5.92 Å². The van der Waals surface area contributed by atoms with E-state index in [9.17, 15) is 8.42 Å². The fraction of sp³-hybridized carbons (Fsp3) is 0.333. The van der Waals surface area contributed by atoms with Crippen LogP contribution in [0.15, 0.2) is 59.5 Å². The number of nitrogens with one attached hydrogen (secondary N) is 2. The molecule has 1 fully saturated rings. The van der Waals surface area contributed by atoms with Crippen LogP contribution >= 0.6 is 12.4 Å². The van der Waals surface area contributed by atoms with Gasteiger partial charge in [0.25, 0.3) is 0 Å². The summed E-state index contributed by atoms with van der Waals surface area (Å²) < 4.78 is 28.7. The maximum absolute atomic E-state index is 12.9. The molecule has 1 aliphatic rings. The highest BCUT2D eigenvalue weighted by Crippen LogP contribution is 2.27. The molecule has 0 bridgehead atoms. The monoisotopic (exact) mass is 366 g/mol. The molecule has 0 amide bonds. The van der Waals surface area contributed by atoms with E-state index >= 15 is 0 Å². The minimum Gasteiger partial charge on any atom is -0.315 e. The van der Waals surface area contributed by atoms with Crippen LogP contribution in [0.5, 0.6) is 0 Å². The summed E-state index contributed by atoms with van der Waals surface area (Å²) in [6, 6.07) is 16.7. The summed E-state index contributed by atoms with van der Waals surface area (Å²) in [6.07, 6.45) is 0.980. The Morgan fingerprint density at radius 2 is 1.71 bits per heavy atom. The molecule has 1 saturated heterocycles. The van der Waals surface area contributed by atoms with Gasteiger partial charge in [-0.1, -0.05) is 55.5 Å². The van der Waals surface area contributed by atoms with Gasteiger partial charge in [0.2, 0.25) is 10.0 Å². The molecule has 2 atom stereocenters. The summed E-state index contributed by atoms with van der Waals surface area (Å²) >= 11 is 0. The maximum atomic E-state index is 12.9. The average molecular weight is 367 g/mol. The van der Waals surface area contributed by atoms with E-state index in [4.69, 9.17) is 0 Å². The molecule has 3 rings (SSSR count). The van der Waals surface area contributed by atoms with Crippen molar-refractivity contribution in [1.82, 2.24) is 10.0 Å². The number of rotatable bonds is 4. The zero-order chi connectivity index (χ0) is 16.3. The first-order valence-electron chi connectivity index (χ1n) is 7.95. The average Bonchev–Trinajstić information content (AvgIpc) is 2.58. The second kappa shape index (κ2) is 8.12. The summed E-state index contributed by atoms with van der Waals surface area (Å²) in [4.78, 5) is 0.337. The molecule has 2 unspecified atom stereocenters. The van der Waals surface area contributed by atoms with Crippen molar-refractivity contribution in [2.75, 3.05) is 13.1 Å². The molecular weight excluding hydrogens is 344 g/mol. The van der Waals surface area contributed by atoms with E-state index in [-0.39, 0.29) is 18.4 Å². The second-order valence-corrected chi connectivity index (χ2v) is 7.74.